The van der Waals surface area contributed by atoms with Gasteiger partial charge in [-0.2, -0.15) is 0 Å². The quantitative estimate of drug-likeness (QED) is 0.668. The summed E-state index contributed by atoms with van der Waals surface area (Å²) in [6, 6.07) is 5.42. The van der Waals surface area contributed by atoms with E-state index < -0.39 is 0 Å². The molecule has 0 saturated carbocycles. The van der Waals surface area contributed by atoms with Crippen molar-refractivity contribution in [1.29, 1.82) is 0 Å². The lowest BCUT2D eigenvalue weighted by molar-refractivity contribution is 0.0963. The average Bonchev–Trinajstić information content (AvgIpc) is 2.15. The molecule has 0 atom stereocenters. The van der Waals surface area contributed by atoms with E-state index in [0.717, 1.165) is 12.0 Å². The Bertz CT molecular complexity index is 321. The Labute approximate surface area is 77.9 Å². The minimum Gasteiger partial charge on any atom is -0.399 e. The first-order valence-electron chi connectivity index (χ1n) is 4.29. The molecule has 0 spiro atoms. The number of anilines is 1. The number of hydrogen-bond acceptors (Lipinski definition) is 2. The topological polar surface area (TPSA) is 55.1 Å². The molecule has 0 aliphatic heterocycles. The van der Waals surface area contributed by atoms with E-state index in [-0.39, 0.29) is 5.91 Å². The third kappa shape index (κ3) is 2.21. The Hall–Kier alpha value is -1.51. The highest BCUT2D eigenvalue weighted by atomic mass is 16.1. The highest BCUT2D eigenvalue weighted by Crippen LogP contribution is 2.12. The van der Waals surface area contributed by atoms with Gasteiger partial charge in [-0.25, -0.2) is 0 Å². The standard InChI is InChI=1S/C10H14N2O/c1-3-7-4-8(10(13)12-2)6-9(11)5-7/h4-6H,3,11H2,1-2H3,(H,12,13). The van der Waals surface area contributed by atoms with Gasteiger partial charge in [-0.1, -0.05) is 6.92 Å². The molecule has 3 N–H and O–H groups in total. The summed E-state index contributed by atoms with van der Waals surface area (Å²) < 4.78 is 0. The first kappa shape index (κ1) is 9.58. The molecule has 0 aliphatic rings. The van der Waals surface area contributed by atoms with Gasteiger partial charge in [0, 0.05) is 18.3 Å². The molecule has 3 nitrogen and oxygen atoms in total. The summed E-state index contributed by atoms with van der Waals surface area (Å²) >= 11 is 0. The molecule has 3 heteroatoms. The van der Waals surface area contributed by atoms with E-state index >= 15 is 0 Å². The number of benzene rings is 1. The summed E-state index contributed by atoms with van der Waals surface area (Å²) in [7, 11) is 1.61. The molecule has 70 valence electrons. The van der Waals surface area contributed by atoms with Crippen molar-refractivity contribution >= 4 is 11.6 Å². The van der Waals surface area contributed by atoms with Gasteiger partial charge < -0.3 is 11.1 Å². The third-order valence-corrected chi connectivity index (χ3v) is 1.91. The molecule has 1 rings (SSSR count). The van der Waals surface area contributed by atoms with Gasteiger partial charge in [0.05, 0.1) is 0 Å². The van der Waals surface area contributed by atoms with Crippen LogP contribution in [0.25, 0.3) is 0 Å². The summed E-state index contributed by atoms with van der Waals surface area (Å²) in [6.07, 6.45) is 0.884. The predicted octanol–water partition coefficient (Wildman–Crippen LogP) is 1.19. The van der Waals surface area contributed by atoms with Crippen molar-refractivity contribution in [2.45, 2.75) is 13.3 Å². The summed E-state index contributed by atoms with van der Waals surface area (Å²) in [5.74, 6) is -0.0954. The Balaban J connectivity index is 3.08. The number of amides is 1. The Kier molecular flexibility index (Phi) is 2.90. The van der Waals surface area contributed by atoms with Crippen LogP contribution in [0.4, 0.5) is 5.69 Å². The molecular formula is C10H14N2O. The van der Waals surface area contributed by atoms with Gasteiger partial charge in [-0.05, 0) is 30.2 Å². The maximum Gasteiger partial charge on any atom is 0.251 e. The summed E-state index contributed by atoms with van der Waals surface area (Å²) in [5, 5.41) is 2.57. The highest BCUT2D eigenvalue weighted by Gasteiger charge is 2.04. The van der Waals surface area contributed by atoms with Crippen LogP contribution in [0.1, 0.15) is 22.8 Å². The smallest absolute Gasteiger partial charge is 0.251 e. The number of hydrogen-bond donors (Lipinski definition) is 2. The van der Waals surface area contributed by atoms with Crippen LogP contribution in [-0.2, 0) is 6.42 Å². The maximum absolute atomic E-state index is 11.3. The molecule has 0 aliphatic carbocycles. The largest absolute Gasteiger partial charge is 0.399 e. The van der Waals surface area contributed by atoms with Crippen molar-refractivity contribution in [2.75, 3.05) is 12.8 Å². The van der Waals surface area contributed by atoms with E-state index in [1.165, 1.54) is 0 Å². The van der Waals surface area contributed by atoms with Crippen molar-refractivity contribution in [3.63, 3.8) is 0 Å². The minimum atomic E-state index is -0.0954. The molecule has 0 unspecified atom stereocenters. The SMILES string of the molecule is CCc1cc(N)cc(C(=O)NC)c1. The van der Waals surface area contributed by atoms with Gasteiger partial charge >= 0.3 is 0 Å². The van der Waals surface area contributed by atoms with E-state index in [4.69, 9.17) is 5.73 Å². The van der Waals surface area contributed by atoms with Crippen LogP contribution >= 0.6 is 0 Å². The third-order valence-electron chi connectivity index (χ3n) is 1.91. The Morgan fingerprint density at radius 1 is 1.46 bits per heavy atom. The molecule has 0 radical (unpaired) electrons. The van der Waals surface area contributed by atoms with Gasteiger partial charge in [0.15, 0.2) is 0 Å². The number of rotatable bonds is 2. The lowest BCUT2D eigenvalue weighted by Gasteiger charge is -2.04. The molecule has 0 bridgehead atoms. The molecule has 0 aromatic heterocycles. The van der Waals surface area contributed by atoms with Crippen LogP contribution in [-0.4, -0.2) is 13.0 Å². The van der Waals surface area contributed by atoms with Crippen LogP contribution in [0.5, 0.6) is 0 Å². The van der Waals surface area contributed by atoms with Crippen molar-refractivity contribution in [3.05, 3.63) is 29.3 Å². The zero-order valence-electron chi connectivity index (χ0n) is 7.92. The number of aryl methyl sites for hydroxylation is 1. The summed E-state index contributed by atoms with van der Waals surface area (Å²) in [6.45, 7) is 2.03. The second-order valence-electron chi connectivity index (χ2n) is 2.90. The van der Waals surface area contributed by atoms with E-state index in [1.807, 2.05) is 19.1 Å². The summed E-state index contributed by atoms with van der Waals surface area (Å²) in [4.78, 5) is 11.3. The Morgan fingerprint density at radius 3 is 2.69 bits per heavy atom. The van der Waals surface area contributed by atoms with Gasteiger partial charge in [0.25, 0.3) is 5.91 Å². The van der Waals surface area contributed by atoms with Gasteiger partial charge in [0.2, 0.25) is 0 Å². The Morgan fingerprint density at radius 2 is 2.15 bits per heavy atom. The molecule has 1 aromatic rings. The molecule has 0 saturated heterocycles. The van der Waals surface area contributed by atoms with Crippen molar-refractivity contribution in [2.24, 2.45) is 0 Å². The lowest BCUT2D eigenvalue weighted by atomic mass is 10.1. The van der Waals surface area contributed by atoms with Gasteiger partial charge in [-0.15, -0.1) is 0 Å². The van der Waals surface area contributed by atoms with E-state index in [2.05, 4.69) is 5.32 Å². The number of carbonyl (C=O) groups is 1. The number of nitrogen functional groups attached to an aromatic ring is 1. The molecule has 1 aromatic carbocycles. The second kappa shape index (κ2) is 3.94. The second-order valence-corrected chi connectivity index (χ2v) is 2.90. The molecule has 1 amide bonds. The fourth-order valence-corrected chi connectivity index (χ4v) is 1.20. The fraction of sp³-hybridized carbons (Fsp3) is 0.300. The number of nitrogens with two attached hydrogens (primary N) is 1. The van der Waals surface area contributed by atoms with Crippen LogP contribution in [0.2, 0.25) is 0 Å². The van der Waals surface area contributed by atoms with E-state index in [1.54, 1.807) is 13.1 Å². The molecule has 13 heavy (non-hydrogen) atoms. The van der Waals surface area contributed by atoms with E-state index in [9.17, 15) is 4.79 Å². The molecule has 0 fully saturated rings. The normalized spacial score (nSPS) is 9.69. The lowest BCUT2D eigenvalue weighted by Crippen LogP contribution is -2.18. The minimum absolute atomic E-state index is 0.0954. The van der Waals surface area contributed by atoms with Crippen LogP contribution in [0.15, 0.2) is 18.2 Å². The maximum atomic E-state index is 11.3. The average molecular weight is 178 g/mol. The van der Waals surface area contributed by atoms with Crippen LogP contribution < -0.4 is 11.1 Å². The van der Waals surface area contributed by atoms with Crippen molar-refractivity contribution < 1.29 is 4.79 Å². The fourth-order valence-electron chi connectivity index (χ4n) is 1.20. The molecular weight excluding hydrogens is 164 g/mol. The first-order chi connectivity index (χ1) is 6.17. The summed E-state index contributed by atoms with van der Waals surface area (Å²) in [5.41, 5.74) is 7.99. The zero-order chi connectivity index (χ0) is 9.84. The number of nitrogens with one attached hydrogen (secondary N) is 1. The van der Waals surface area contributed by atoms with Crippen LogP contribution in [0.3, 0.4) is 0 Å². The monoisotopic (exact) mass is 178 g/mol. The number of carbonyl (C=O) groups excluding carboxylic acids is 1. The first-order valence-corrected chi connectivity index (χ1v) is 4.29. The van der Waals surface area contributed by atoms with Crippen LogP contribution in [0, 0.1) is 0 Å². The van der Waals surface area contributed by atoms with Gasteiger partial charge in [-0.3, -0.25) is 4.79 Å². The van der Waals surface area contributed by atoms with Gasteiger partial charge in [0.1, 0.15) is 0 Å². The predicted molar refractivity (Wildman–Crippen MR) is 53.6 cm³/mol. The van der Waals surface area contributed by atoms with E-state index in [0.29, 0.717) is 11.3 Å². The zero-order valence-corrected chi connectivity index (χ0v) is 7.92. The van der Waals surface area contributed by atoms with Crippen molar-refractivity contribution in [3.8, 4) is 0 Å². The molecule has 0 heterocycles. The van der Waals surface area contributed by atoms with Crippen molar-refractivity contribution in [1.82, 2.24) is 5.32 Å². The highest BCUT2D eigenvalue weighted by molar-refractivity contribution is 5.95.